The molecule has 0 saturated carbocycles. The first-order valence-corrected chi connectivity index (χ1v) is 7.71. The van der Waals surface area contributed by atoms with Crippen LogP contribution in [-0.2, 0) is 12.8 Å². The Balaban J connectivity index is 2.65. The third-order valence-corrected chi connectivity index (χ3v) is 5.43. The van der Waals surface area contributed by atoms with E-state index >= 15 is 0 Å². The van der Waals surface area contributed by atoms with E-state index in [1.807, 2.05) is 11.3 Å². The summed E-state index contributed by atoms with van der Waals surface area (Å²) in [4.78, 5) is 3.06. The van der Waals surface area contributed by atoms with E-state index < -0.39 is 0 Å². The Hall–Kier alpha value is 0.180. The van der Waals surface area contributed by atoms with Crippen molar-refractivity contribution in [3.8, 4) is 0 Å². The zero-order valence-electron chi connectivity index (χ0n) is 9.98. The third kappa shape index (κ3) is 3.92. The molecule has 1 rings (SSSR count). The Morgan fingerprint density at radius 3 is 2.40 bits per heavy atom. The lowest BCUT2D eigenvalue weighted by Gasteiger charge is -2.26. The second kappa shape index (κ2) is 6.05. The SMILES string of the molecule is CCCC(C)(CBr)Cc1ccc(CC)s1. The van der Waals surface area contributed by atoms with E-state index in [0.29, 0.717) is 5.41 Å². The number of alkyl halides is 1. The first-order valence-electron chi connectivity index (χ1n) is 5.77. The van der Waals surface area contributed by atoms with Gasteiger partial charge in [0.2, 0.25) is 0 Å². The quantitative estimate of drug-likeness (QED) is 0.642. The van der Waals surface area contributed by atoms with E-state index in [9.17, 15) is 0 Å². The van der Waals surface area contributed by atoms with Crippen molar-refractivity contribution in [2.75, 3.05) is 5.33 Å². The minimum Gasteiger partial charge on any atom is -0.145 e. The monoisotopic (exact) mass is 288 g/mol. The molecule has 1 atom stereocenters. The molecular weight excluding hydrogens is 268 g/mol. The number of hydrogen-bond acceptors (Lipinski definition) is 1. The van der Waals surface area contributed by atoms with Crippen LogP contribution in [0.15, 0.2) is 12.1 Å². The van der Waals surface area contributed by atoms with Crippen LogP contribution in [-0.4, -0.2) is 5.33 Å². The zero-order chi connectivity index (χ0) is 11.3. The summed E-state index contributed by atoms with van der Waals surface area (Å²) in [5.74, 6) is 0. The van der Waals surface area contributed by atoms with Gasteiger partial charge >= 0.3 is 0 Å². The van der Waals surface area contributed by atoms with Crippen LogP contribution in [0.25, 0.3) is 0 Å². The summed E-state index contributed by atoms with van der Waals surface area (Å²) in [5, 5.41) is 1.10. The summed E-state index contributed by atoms with van der Waals surface area (Å²) in [6.07, 6.45) is 4.96. The molecule has 1 unspecified atom stereocenters. The fraction of sp³-hybridized carbons (Fsp3) is 0.692. The summed E-state index contributed by atoms with van der Waals surface area (Å²) in [6.45, 7) is 6.88. The van der Waals surface area contributed by atoms with Gasteiger partial charge in [0.15, 0.2) is 0 Å². The van der Waals surface area contributed by atoms with Gasteiger partial charge < -0.3 is 0 Å². The van der Waals surface area contributed by atoms with E-state index in [-0.39, 0.29) is 0 Å². The second-order valence-corrected chi connectivity index (χ2v) is 6.41. The van der Waals surface area contributed by atoms with Gasteiger partial charge in [0.25, 0.3) is 0 Å². The van der Waals surface area contributed by atoms with Gasteiger partial charge in [-0.3, -0.25) is 0 Å². The van der Waals surface area contributed by atoms with Gasteiger partial charge in [0.05, 0.1) is 0 Å². The highest BCUT2D eigenvalue weighted by atomic mass is 79.9. The lowest BCUT2D eigenvalue weighted by atomic mass is 9.84. The fourth-order valence-electron chi connectivity index (χ4n) is 1.93. The molecule has 2 heteroatoms. The summed E-state index contributed by atoms with van der Waals surface area (Å²) in [7, 11) is 0. The molecule has 0 aliphatic heterocycles. The number of halogens is 1. The van der Waals surface area contributed by atoms with Gasteiger partial charge in [-0.05, 0) is 36.8 Å². The Morgan fingerprint density at radius 2 is 1.93 bits per heavy atom. The molecule has 0 radical (unpaired) electrons. The highest BCUT2D eigenvalue weighted by Crippen LogP contribution is 2.32. The fourth-order valence-corrected chi connectivity index (χ4v) is 3.59. The van der Waals surface area contributed by atoms with E-state index in [4.69, 9.17) is 0 Å². The van der Waals surface area contributed by atoms with Gasteiger partial charge in [0, 0.05) is 15.1 Å². The molecule has 1 heterocycles. The smallest absolute Gasteiger partial charge is 0.00887 e. The normalized spacial score (nSPS) is 15.2. The first kappa shape index (κ1) is 13.2. The van der Waals surface area contributed by atoms with Crippen LogP contribution in [0.1, 0.15) is 43.4 Å². The van der Waals surface area contributed by atoms with Crippen LogP contribution in [0.4, 0.5) is 0 Å². The van der Waals surface area contributed by atoms with Crippen LogP contribution >= 0.6 is 27.3 Å². The lowest BCUT2D eigenvalue weighted by Crippen LogP contribution is -2.20. The molecule has 0 amide bonds. The largest absolute Gasteiger partial charge is 0.145 e. The molecule has 0 aromatic carbocycles. The van der Waals surface area contributed by atoms with E-state index in [1.165, 1.54) is 30.6 Å². The van der Waals surface area contributed by atoms with Gasteiger partial charge in [0.1, 0.15) is 0 Å². The van der Waals surface area contributed by atoms with Crippen LogP contribution < -0.4 is 0 Å². The molecule has 0 N–H and O–H groups in total. The maximum atomic E-state index is 3.66. The minimum absolute atomic E-state index is 0.435. The van der Waals surface area contributed by atoms with Crippen molar-refractivity contribution in [2.45, 2.75) is 46.5 Å². The number of aryl methyl sites for hydroxylation is 1. The molecule has 0 aliphatic rings. The molecule has 1 aromatic heterocycles. The van der Waals surface area contributed by atoms with Crippen molar-refractivity contribution in [2.24, 2.45) is 5.41 Å². The highest BCUT2D eigenvalue weighted by molar-refractivity contribution is 9.09. The van der Waals surface area contributed by atoms with E-state index in [1.54, 1.807) is 4.88 Å². The number of hydrogen-bond donors (Lipinski definition) is 0. The van der Waals surface area contributed by atoms with Crippen LogP contribution in [0.2, 0.25) is 0 Å². The van der Waals surface area contributed by atoms with Crippen LogP contribution in [0.3, 0.4) is 0 Å². The molecule has 86 valence electrons. The van der Waals surface area contributed by atoms with Crippen molar-refractivity contribution in [1.29, 1.82) is 0 Å². The average molecular weight is 289 g/mol. The zero-order valence-corrected chi connectivity index (χ0v) is 12.4. The summed E-state index contributed by atoms with van der Waals surface area (Å²) < 4.78 is 0. The van der Waals surface area contributed by atoms with Crippen molar-refractivity contribution in [3.63, 3.8) is 0 Å². The van der Waals surface area contributed by atoms with Gasteiger partial charge in [-0.15, -0.1) is 11.3 Å². The molecule has 0 saturated heterocycles. The van der Waals surface area contributed by atoms with Crippen LogP contribution in [0, 0.1) is 5.41 Å². The van der Waals surface area contributed by atoms with Crippen molar-refractivity contribution in [3.05, 3.63) is 21.9 Å². The topological polar surface area (TPSA) is 0 Å². The number of thiophene rings is 1. The van der Waals surface area contributed by atoms with E-state index in [0.717, 1.165) is 5.33 Å². The maximum Gasteiger partial charge on any atom is 0.00887 e. The number of rotatable bonds is 6. The predicted octanol–water partition coefficient (Wildman–Crippen LogP) is 5.05. The summed E-state index contributed by atoms with van der Waals surface area (Å²) in [6, 6.07) is 4.58. The molecule has 1 aromatic rings. The molecular formula is C13H21BrS. The molecule has 0 aliphatic carbocycles. The summed E-state index contributed by atoms with van der Waals surface area (Å²) >= 11 is 5.64. The van der Waals surface area contributed by atoms with Gasteiger partial charge in [-0.2, -0.15) is 0 Å². The van der Waals surface area contributed by atoms with Gasteiger partial charge in [-0.25, -0.2) is 0 Å². The minimum atomic E-state index is 0.435. The van der Waals surface area contributed by atoms with Crippen molar-refractivity contribution in [1.82, 2.24) is 0 Å². The maximum absolute atomic E-state index is 3.66. The van der Waals surface area contributed by atoms with E-state index in [2.05, 4.69) is 48.8 Å². The van der Waals surface area contributed by atoms with Gasteiger partial charge in [-0.1, -0.05) is 43.1 Å². The Labute approximate surface area is 106 Å². The molecule has 0 nitrogen and oxygen atoms in total. The third-order valence-electron chi connectivity index (χ3n) is 2.84. The Kier molecular flexibility index (Phi) is 5.34. The molecule has 15 heavy (non-hydrogen) atoms. The van der Waals surface area contributed by atoms with Crippen molar-refractivity contribution >= 4 is 27.3 Å². The standard InChI is InChI=1S/C13H21BrS/c1-4-8-13(3,10-14)9-12-7-6-11(5-2)15-12/h6-7H,4-5,8-10H2,1-3H3. The summed E-state index contributed by atoms with van der Waals surface area (Å²) in [5.41, 5.74) is 0.435. The molecule has 0 spiro atoms. The lowest BCUT2D eigenvalue weighted by molar-refractivity contribution is 0.343. The highest BCUT2D eigenvalue weighted by Gasteiger charge is 2.22. The first-order chi connectivity index (χ1) is 7.13. The molecule has 0 bridgehead atoms. The average Bonchev–Trinajstić information content (AvgIpc) is 2.66. The Morgan fingerprint density at radius 1 is 1.27 bits per heavy atom. The second-order valence-electron chi connectivity index (χ2n) is 4.59. The van der Waals surface area contributed by atoms with Crippen LogP contribution in [0.5, 0.6) is 0 Å². The Bertz CT molecular complexity index is 292. The van der Waals surface area contributed by atoms with Crippen molar-refractivity contribution < 1.29 is 0 Å². The molecule has 0 fully saturated rings. The predicted molar refractivity (Wildman–Crippen MR) is 74.2 cm³/mol.